The monoisotopic (exact) mass is 527 g/mol. The van der Waals surface area contributed by atoms with E-state index in [2.05, 4.69) is 0 Å². The fourth-order valence-electron chi connectivity index (χ4n) is 4.16. The van der Waals surface area contributed by atoms with Crippen LogP contribution in [0.1, 0.15) is 51.3 Å². The average Bonchev–Trinajstić information content (AvgIpc) is 2.98. The number of nitrogens with zero attached hydrogens (tertiary/aromatic N) is 1. The molecule has 1 unspecified atom stereocenters. The second-order valence-electron chi connectivity index (χ2n) is 9.02. The molecule has 0 radical (unpaired) electrons. The van der Waals surface area contributed by atoms with Crippen molar-refractivity contribution in [3.63, 3.8) is 0 Å². The zero-order chi connectivity index (χ0) is 27.8. The van der Waals surface area contributed by atoms with Crippen LogP contribution in [0.25, 0.3) is 0 Å². The molecule has 4 rings (SSSR count). The van der Waals surface area contributed by atoms with E-state index in [4.69, 9.17) is 9.47 Å². The molecular weight excluding hydrogens is 497 g/mol. The van der Waals surface area contributed by atoms with Gasteiger partial charge in [0.15, 0.2) is 17.3 Å². The minimum Gasteiger partial charge on any atom is -0.493 e. The van der Waals surface area contributed by atoms with Crippen molar-refractivity contribution in [2.24, 2.45) is 0 Å². The molecule has 0 saturated carbocycles. The molecule has 39 heavy (non-hydrogen) atoms. The quantitative estimate of drug-likeness (QED) is 0.223. The zero-order valence-electron chi connectivity index (χ0n) is 21.8. The molecule has 0 spiro atoms. The summed E-state index contributed by atoms with van der Waals surface area (Å²) in [5.74, 6) is 0.194. The maximum atomic E-state index is 13.5. The van der Waals surface area contributed by atoms with Gasteiger partial charge in [-0.2, -0.15) is 0 Å². The van der Waals surface area contributed by atoms with E-state index < -0.39 is 11.9 Å². The number of rotatable bonds is 11. The van der Waals surface area contributed by atoms with Gasteiger partial charge in [-0.05, 0) is 53.9 Å². The summed E-state index contributed by atoms with van der Waals surface area (Å²) in [4.78, 5) is 27.6. The molecule has 0 heterocycles. The minimum absolute atomic E-state index is 0.133. The largest absolute Gasteiger partial charge is 0.493 e. The minimum atomic E-state index is -1.26. The summed E-state index contributed by atoms with van der Waals surface area (Å²) in [6.45, 7) is 2.93. The molecule has 7 heteroatoms. The predicted octanol–water partition coefficient (Wildman–Crippen LogP) is 6.60. The number of aliphatic hydroxyl groups excluding tert-OH is 1. The first kappa shape index (κ1) is 27.5. The van der Waals surface area contributed by atoms with Gasteiger partial charge in [0.1, 0.15) is 17.7 Å². The third kappa shape index (κ3) is 6.89. The van der Waals surface area contributed by atoms with Gasteiger partial charge in [-0.3, -0.25) is 9.59 Å². The van der Waals surface area contributed by atoms with Crippen LogP contribution >= 0.6 is 0 Å². The molecule has 1 N–H and O–H groups in total. The number of carbonyl (C=O) groups excluding carboxylic acids is 2. The van der Waals surface area contributed by atoms with E-state index in [-0.39, 0.29) is 17.4 Å². The molecule has 200 valence electrons. The van der Waals surface area contributed by atoms with E-state index in [1.807, 2.05) is 25.1 Å². The number of amides is 1. The lowest BCUT2D eigenvalue weighted by molar-refractivity contribution is 0.0742. The Morgan fingerprint density at radius 1 is 0.872 bits per heavy atom. The van der Waals surface area contributed by atoms with Crippen LogP contribution in [0.5, 0.6) is 17.2 Å². The second-order valence-corrected chi connectivity index (χ2v) is 9.02. The molecule has 0 aliphatic rings. The van der Waals surface area contributed by atoms with E-state index in [0.717, 1.165) is 12.0 Å². The molecule has 4 aromatic rings. The van der Waals surface area contributed by atoms with Crippen LogP contribution in [0, 0.1) is 5.82 Å². The van der Waals surface area contributed by atoms with Crippen molar-refractivity contribution in [3.8, 4) is 17.2 Å². The van der Waals surface area contributed by atoms with Gasteiger partial charge in [0, 0.05) is 30.3 Å². The van der Waals surface area contributed by atoms with Gasteiger partial charge < -0.3 is 19.5 Å². The number of methoxy groups -OCH3 is 1. The molecule has 0 aromatic heterocycles. The van der Waals surface area contributed by atoms with Gasteiger partial charge >= 0.3 is 0 Å². The number of ketones is 1. The Kier molecular flexibility index (Phi) is 9.07. The fourth-order valence-corrected chi connectivity index (χ4v) is 4.16. The lowest BCUT2D eigenvalue weighted by Gasteiger charge is -2.23. The molecular formula is C32H30FNO5. The smallest absolute Gasteiger partial charge is 0.254 e. The highest BCUT2D eigenvalue weighted by Crippen LogP contribution is 2.32. The lowest BCUT2D eigenvalue weighted by atomic mass is 9.99. The van der Waals surface area contributed by atoms with E-state index in [9.17, 15) is 19.1 Å². The van der Waals surface area contributed by atoms with Crippen molar-refractivity contribution in [1.29, 1.82) is 0 Å². The molecule has 0 aliphatic heterocycles. The molecule has 4 aromatic carbocycles. The maximum Gasteiger partial charge on any atom is 0.254 e. The van der Waals surface area contributed by atoms with Crippen molar-refractivity contribution in [2.45, 2.75) is 26.0 Å². The fraction of sp³-hybridized carbons (Fsp3) is 0.188. The molecule has 0 fully saturated rings. The average molecular weight is 528 g/mol. The Morgan fingerprint density at radius 3 is 2.21 bits per heavy atom. The van der Waals surface area contributed by atoms with Gasteiger partial charge in [-0.25, -0.2) is 4.39 Å². The maximum absolute atomic E-state index is 13.5. The lowest BCUT2D eigenvalue weighted by Crippen LogP contribution is -2.31. The Morgan fingerprint density at radius 2 is 1.56 bits per heavy atom. The number of Topliss-reactive ketones (excluding diaryl/α,β-unsaturated/α-hetero) is 1. The molecule has 6 nitrogen and oxygen atoms in total. The van der Waals surface area contributed by atoms with Gasteiger partial charge in [0.25, 0.3) is 5.91 Å². The van der Waals surface area contributed by atoms with Gasteiger partial charge in [-0.15, -0.1) is 0 Å². The van der Waals surface area contributed by atoms with Crippen LogP contribution < -0.4 is 9.47 Å². The molecule has 0 saturated heterocycles. The van der Waals surface area contributed by atoms with Crippen molar-refractivity contribution in [3.05, 3.63) is 125 Å². The zero-order valence-corrected chi connectivity index (χ0v) is 21.8. The normalized spacial score (nSPS) is 11.5. The van der Waals surface area contributed by atoms with Crippen molar-refractivity contribution < 1.29 is 28.6 Å². The van der Waals surface area contributed by atoms with Gasteiger partial charge in [-0.1, -0.05) is 61.5 Å². The first-order chi connectivity index (χ1) is 18.9. The second kappa shape index (κ2) is 12.8. The van der Waals surface area contributed by atoms with Gasteiger partial charge in [0.05, 0.1) is 7.11 Å². The number of carbonyl (C=O) groups is 2. The Bertz CT molecular complexity index is 1410. The first-order valence-electron chi connectivity index (χ1n) is 12.7. The van der Waals surface area contributed by atoms with Crippen LogP contribution in [0.4, 0.5) is 4.39 Å². The molecule has 0 aliphatic carbocycles. The highest BCUT2D eigenvalue weighted by Gasteiger charge is 2.20. The number of benzene rings is 4. The highest BCUT2D eigenvalue weighted by atomic mass is 19.1. The highest BCUT2D eigenvalue weighted by molar-refractivity contribution is 5.99. The third-order valence-electron chi connectivity index (χ3n) is 6.21. The summed E-state index contributed by atoms with van der Waals surface area (Å²) in [6, 6.07) is 26.5. The standard InChI is InChI=1S/C32H30FNO5/c1-3-19-34(21-22-9-11-24(12-10-22)31(36)30(35)23-7-5-4-6-8-23)32(37)25-13-16-27(17-14-25)39-28-18-15-26(33)20-29(28)38-2/h4-18,20,31,36H,3,19,21H2,1-2H3. The topological polar surface area (TPSA) is 76.1 Å². The number of halogens is 1. The van der Waals surface area contributed by atoms with Crippen molar-refractivity contribution in [2.75, 3.05) is 13.7 Å². The molecule has 1 atom stereocenters. The number of hydrogen-bond donors (Lipinski definition) is 1. The summed E-state index contributed by atoms with van der Waals surface area (Å²) in [5.41, 5.74) is 2.32. The SMILES string of the molecule is CCCN(Cc1ccc(C(O)C(=O)c2ccccc2)cc1)C(=O)c1ccc(Oc2ccc(F)cc2OC)cc1. The van der Waals surface area contributed by atoms with Crippen molar-refractivity contribution >= 4 is 11.7 Å². The van der Waals surface area contributed by atoms with E-state index >= 15 is 0 Å². The molecule has 1 amide bonds. The number of ether oxygens (including phenoxy) is 2. The van der Waals surface area contributed by atoms with Crippen molar-refractivity contribution in [1.82, 2.24) is 4.90 Å². The van der Waals surface area contributed by atoms with Crippen LogP contribution in [0.3, 0.4) is 0 Å². The van der Waals surface area contributed by atoms with Crippen LogP contribution in [0.15, 0.2) is 97.1 Å². The third-order valence-corrected chi connectivity index (χ3v) is 6.21. The Labute approximate surface area is 227 Å². The van der Waals surface area contributed by atoms with Crippen LogP contribution in [-0.2, 0) is 6.54 Å². The van der Waals surface area contributed by atoms with Gasteiger partial charge in [0.2, 0.25) is 0 Å². The summed E-state index contributed by atoms with van der Waals surface area (Å²) < 4.78 is 24.4. The summed E-state index contributed by atoms with van der Waals surface area (Å²) in [5, 5.41) is 10.5. The molecule has 0 bridgehead atoms. The summed E-state index contributed by atoms with van der Waals surface area (Å²) in [6.07, 6.45) is -0.481. The van der Waals surface area contributed by atoms with E-state index in [0.29, 0.717) is 41.3 Å². The Hall–Kier alpha value is -4.49. The first-order valence-corrected chi connectivity index (χ1v) is 12.7. The van der Waals surface area contributed by atoms with E-state index in [1.54, 1.807) is 65.6 Å². The van der Waals surface area contributed by atoms with Crippen LogP contribution in [0.2, 0.25) is 0 Å². The van der Waals surface area contributed by atoms with Crippen LogP contribution in [-0.4, -0.2) is 35.4 Å². The Balaban J connectivity index is 1.43. The van der Waals surface area contributed by atoms with E-state index in [1.165, 1.54) is 25.3 Å². The predicted molar refractivity (Wildman–Crippen MR) is 147 cm³/mol. The summed E-state index contributed by atoms with van der Waals surface area (Å²) in [7, 11) is 1.44. The number of aliphatic hydroxyl groups is 1. The summed E-state index contributed by atoms with van der Waals surface area (Å²) >= 11 is 0. The number of hydrogen-bond acceptors (Lipinski definition) is 5.